The molecule has 2 atom stereocenters. The number of benzene rings is 3. The van der Waals surface area contributed by atoms with Crippen LogP contribution in [0.25, 0.3) is 0 Å². The first-order chi connectivity index (χ1) is 15.7. The van der Waals surface area contributed by atoms with Gasteiger partial charge in [0.1, 0.15) is 24.6 Å². The lowest BCUT2D eigenvalue weighted by molar-refractivity contribution is 0.0213. The van der Waals surface area contributed by atoms with E-state index >= 15 is 0 Å². The van der Waals surface area contributed by atoms with Crippen LogP contribution in [0.4, 0.5) is 0 Å². The molecular weight excluding hydrogens is 424 g/mol. The highest BCUT2D eigenvalue weighted by molar-refractivity contribution is 6.30. The predicted molar refractivity (Wildman–Crippen MR) is 127 cm³/mol. The van der Waals surface area contributed by atoms with E-state index in [4.69, 9.17) is 21.2 Å². The highest BCUT2D eigenvalue weighted by atomic mass is 35.5. The SMILES string of the molecule is O[C@@H](COc1ccccc1)CN(Cc1ccccc1)C[C@@H]1CC(c2ccc(Cl)cc2)=NO1. The van der Waals surface area contributed by atoms with E-state index in [1.54, 1.807) is 0 Å². The molecule has 3 aromatic carbocycles. The molecule has 0 unspecified atom stereocenters. The van der Waals surface area contributed by atoms with Crippen molar-refractivity contribution in [2.45, 2.75) is 25.2 Å². The van der Waals surface area contributed by atoms with E-state index < -0.39 is 6.10 Å². The Morgan fingerprint density at radius 1 is 1.00 bits per heavy atom. The summed E-state index contributed by atoms with van der Waals surface area (Å²) in [5.41, 5.74) is 3.11. The van der Waals surface area contributed by atoms with Crippen LogP contribution in [-0.2, 0) is 11.4 Å². The summed E-state index contributed by atoms with van der Waals surface area (Å²) in [6, 6.07) is 27.4. The Morgan fingerprint density at radius 3 is 2.41 bits per heavy atom. The second-order valence-corrected chi connectivity index (χ2v) is 8.37. The topological polar surface area (TPSA) is 54.3 Å². The van der Waals surface area contributed by atoms with Crippen molar-refractivity contribution in [1.82, 2.24) is 4.90 Å². The summed E-state index contributed by atoms with van der Waals surface area (Å²) in [6.07, 6.45) is 0.00684. The summed E-state index contributed by atoms with van der Waals surface area (Å²) in [5.74, 6) is 0.751. The van der Waals surface area contributed by atoms with Crippen LogP contribution in [0.1, 0.15) is 17.5 Å². The molecule has 0 radical (unpaired) electrons. The average molecular weight is 451 g/mol. The predicted octanol–water partition coefficient (Wildman–Crippen LogP) is 4.78. The Morgan fingerprint density at radius 2 is 1.69 bits per heavy atom. The smallest absolute Gasteiger partial charge is 0.145 e. The number of aliphatic hydroxyl groups excluding tert-OH is 1. The Labute approximate surface area is 193 Å². The van der Waals surface area contributed by atoms with Gasteiger partial charge in [-0.15, -0.1) is 0 Å². The fourth-order valence-corrected chi connectivity index (χ4v) is 3.86. The van der Waals surface area contributed by atoms with Crippen molar-refractivity contribution < 1.29 is 14.7 Å². The molecule has 5 nitrogen and oxygen atoms in total. The summed E-state index contributed by atoms with van der Waals surface area (Å²) in [5, 5.41) is 15.6. The van der Waals surface area contributed by atoms with E-state index in [-0.39, 0.29) is 12.7 Å². The van der Waals surface area contributed by atoms with Crippen LogP contribution in [-0.4, -0.2) is 47.6 Å². The van der Waals surface area contributed by atoms with Gasteiger partial charge >= 0.3 is 0 Å². The van der Waals surface area contributed by atoms with Crippen LogP contribution >= 0.6 is 11.6 Å². The van der Waals surface area contributed by atoms with Gasteiger partial charge in [0.25, 0.3) is 0 Å². The number of nitrogens with zero attached hydrogens (tertiary/aromatic N) is 2. The second kappa shape index (κ2) is 11.1. The quantitative estimate of drug-likeness (QED) is 0.483. The van der Waals surface area contributed by atoms with Crippen molar-refractivity contribution >= 4 is 17.3 Å². The molecule has 0 saturated heterocycles. The van der Waals surface area contributed by atoms with Gasteiger partial charge in [0.2, 0.25) is 0 Å². The molecular formula is C26H27ClN2O3. The maximum absolute atomic E-state index is 10.6. The van der Waals surface area contributed by atoms with Crippen LogP contribution in [0, 0.1) is 0 Å². The first-order valence-electron chi connectivity index (χ1n) is 10.8. The second-order valence-electron chi connectivity index (χ2n) is 7.93. The van der Waals surface area contributed by atoms with E-state index in [0.717, 1.165) is 17.0 Å². The lowest BCUT2D eigenvalue weighted by Gasteiger charge is -2.27. The first kappa shape index (κ1) is 22.3. The first-order valence-corrected chi connectivity index (χ1v) is 11.1. The number of hydrogen-bond donors (Lipinski definition) is 1. The summed E-state index contributed by atoms with van der Waals surface area (Å²) in [6.45, 7) is 2.06. The Balaban J connectivity index is 1.35. The molecule has 3 aromatic rings. The van der Waals surface area contributed by atoms with Crippen LogP contribution in [0.5, 0.6) is 5.75 Å². The standard InChI is InChI=1S/C26H27ClN2O3/c27-22-13-11-21(12-14-22)26-15-25(32-28-26)18-29(16-20-7-3-1-4-8-20)17-23(30)19-31-24-9-5-2-6-10-24/h1-14,23,25,30H,15-19H2/t23-,25+/m1/s1. The lowest BCUT2D eigenvalue weighted by atomic mass is 10.0. The van der Waals surface area contributed by atoms with E-state index in [0.29, 0.717) is 31.1 Å². The zero-order valence-corrected chi connectivity index (χ0v) is 18.6. The molecule has 32 heavy (non-hydrogen) atoms. The number of oxime groups is 1. The fourth-order valence-electron chi connectivity index (χ4n) is 3.73. The molecule has 166 valence electrons. The summed E-state index contributed by atoms with van der Waals surface area (Å²) in [7, 11) is 0. The van der Waals surface area contributed by atoms with Crippen LogP contribution in [0.2, 0.25) is 5.02 Å². The third-order valence-corrected chi connectivity index (χ3v) is 5.53. The zero-order chi connectivity index (χ0) is 22.2. The van der Waals surface area contributed by atoms with Crippen LogP contribution in [0.3, 0.4) is 0 Å². The minimum Gasteiger partial charge on any atom is -0.491 e. The Hall–Kier alpha value is -2.86. The monoisotopic (exact) mass is 450 g/mol. The molecule has 0 amide bonds. The minimum absolute atomic E-state index is 0.0772. The lowest BCUT2D eigenvalue weighted by Crippen LogP contribution is -2.39. The van der Waals surface area contributed by atoms with Gasteiger partial charge in [-0.25, -0.2) is 0 Å². The molecule has 1 aliphatic heterocycles. The molecule has 0 bridgehead atoms. The number of hydrogen-bond acceptors (Lipinski definition) is 5. The molecule has 0 fully saturated rings. The number of ether oxygens (including phenoxy) is 1. The van der Waals surface area contributed by atoms with E-state index in [9.17, 15) is 5.11 Å². The number of rotatable bonds is 10. The van der Waals surface area contributed by atoms with Crippen molar-refractivity contribution in [2.24, 2.45) is 5.16 Å². The van der Waals surface area contributed by atoms with Crippen molar-refractivity contribution in [3.8, 4) is 5.75 Å². The average Bonchev–Trinajstić information content (AvgIpc) is 3.28. The van der Waals surface area contributed by atoms with Gasteiger partial charge in [-0.05, 0) is 35.4 Å². The Kier molecular flexibility index (Phi) is 7.77. The van der Waals surface area contributed by atoms with E-state index in [2.05, 4.69) is 22.2 Å². The Bertz CT molecular complexity index is 997. The maximum Gasteiger partial charge on any atom is 0.145 e. The zero-order valence-electron chi connectivity index (χ0n) is 17.8. The van der Waals surface area contributed by atoms with Gasteiger partial charge in [0, 0.05) is 31.1 Å². The highest BCUT2D eigenvalue weighted by Crippen LogP contribution is 2.20. The number of para-hydroxylation sites is 1. The molecule has 4 rings (SSSR count). The van der Waals surface area contributed by atoms with Crippen molar-refractivity contribution in [3.05, 3.63) is 101 Å². The van der Waals surface area contributed by atoms with Gasteiger partial charge in [0.05, 0.1) is 5.71 Å². The molecule has 1 aliphatic rings. The van der Waals surface area contributed by atoms with Crippen molar-refractivity contribution in [1.29, 1.82) is 0 Å². The molecule has 6 heteroatoms. The summed E-state index contributed by atoms with van der Waals surface area (Å²) in [4.78, 5) is 7.92. The highest BCUT2D eigenvalue weighted by Gasteiger charge is 2.26. The molecule has 1 heterocycles. The van der Waals surface area contributed by atoms with Crippen LogP contribution < -0.4 is 4.74 Å². The number of aliphatic hydroxyl groups is 1. The molecule has 0 aromatic heterocycles. The largest absolute Gasteiger partial charge is 0.491 e. The number of halogens is 1. The van der Waals surface area contributed by atoms with Gasteiger partial charge in [-0.2, -0.15) is 0 Å². The molecule has 0 spiro atoms. The van der Waals surface area contributed by atoms with E-state index in [1.165, 1.54) is 5.56 Å². The summed E-state index contributed by atoms with van der Waals surface area (Å²) < 4.78 is 5.73. The third-order valence-electron chi connectivity index (χ3n) is 5.28. The normalized spacial score (nSPS) is 16.5. The van der Waals surface area contributed by atoms with Gasteiger partial charge in [0.15, 0.2) is 0 Å². The van der Waals surface area contributed by atoms with Gasteiger partial charge < -0.3 is 14.7 Å². The van der Waals surface area contributed by atoms with E-state index in [1.807, 2.05) is 72.8 Å². The third kappa shape index (κ3) is 6.57. The molecule has 1 N–H and O–H groups in total. The minimum atomic E-state index is -0.628. The van der Waals surface area contributed by atoms with Gasteiger partial charge in [-0.1, -0.05) is 77.4 Å². The summed E-state index contributed by atoms with van der Waals surface area (Å²) >= 11 is 5.99. The van der Waals surface area contributed by atoms with Crippen LogP contribution in [0.15, 0.2) is 90.1 Å². The van der Waals surface area contributed by atoms with Crippen molar-refractivity contribution in [3.63, 3.8) is 0 Å². The van der Waals surface area contributed by atoms with Crippen molar-refractivity contribution in [2.75, 3.05) is 19.7 Å². The maximum atomic E-state index is 10.6. The molecule has 0 aliphatic carbocycles. The molecule has 0 saturated carbocycles. The van der Waals surface area contributed by atoms with Gasteiger partial charge in [-0.3, -0.25) is 4.90 Å². The fraction of sp³-hybridized carbons (Fsp3) is 0.269.